The van der Waals surface area contributed by atoms with Gasteiger partial charge in [-0.15, -0.1) is 0 Å². The van der Waals surface area contributed by atoms with Crippen LogP contribution in [0.4, 0.5) is 0 Å². The van der Waals surface area contributed by atoms with E-state index in [1.165, 1.54) is 0 Å². The Morgan fingerprint density at radius 2 is 2.05 bits per heavy atom. The zero-order valence-electron chi connectivity index (χ0n) is 11.7. The Kier molecular flexibility index (Phi) is 3.79. The Bertz CT molecular complexity index is 717. The fraction of sp³-hybridized carbons (Fsp3) is 0.333. The van der Waals surface area contributed by atoms with Crippen LogP contribution in [0.15, 0.2) is 29.1 Å². The first-order chi connectivity index (χ1) is 9.43. The number of aryl methyl sites for hydroxylation is 1. The van der Waals surface area contributed by atoms with Gasteiger partial charge in [-0.25, -0.2) is 0 Å². The van der Waals surface area contributed by atoms with Gasteiger partial charge in [0.15, 0.2) is 0 Å². The summed E-state index contributed by atoms with van der Waals surface area (Å²) in [5.74, 6) is -0.161. The van der Waals surface area contributed by atoms with Gasteiger partial charge in [0.25, 0.3) is 5.56 Å². The van der Waals surface area contributed by atoms with Crippen LogP contribution in [-0.2, 0) is 6.54 Å². The van der Waals surface area contributed by atoms with E-state index in [4.69, 9.17) is 11.1 Å². The van der Waals surface area contributed by atoms with Crippen molar-refractivity contribution in [3.05, 3.63) is 40.2 Å². The third kappa shape index (κ3) is 2.39. The number of fused-ring (bicyclic) bond motifs is 1. The molecule has 1 aromatic carbocycles. The second-order valence-corrected chi connectivity index (χ2v) is 5.29. The first kappa shape index (κ1) is 14.1. The molecule has 0 atom stereocenters. The number of benzene rings is 1. The molecule has 0 amide bonds. The van der Waals surface area contributed by atoms with Crippen molar-refractivity contribution in [1.82, 2.24) is 4.57 Å². The van der Waals surface area contributed by atoms with Crippen molar-refractivity contribution in [2.45, 2.75) is 26.8 Å². The lowest BCUT2D eigenvalue weighted by Gasteiger charge is -2.15. The van der Waals surface area contributed by atoms with E-state index in [2.05, 4.69) is 13.8 Å². The molecular weight excluding hydrogens is 254 g/mol. The predicted molar refractivity (Wildman–Crippen MR) is 80.3 cm³/mol. The van der Waals surface area contributed by atoms with E-state index >= 15 is 0 Å². The number of rotatable bonds is 4. The lowest BCUT2D eigenvalue weighted by atomic mass is 10.1. The van der Waals surface area contributed by atoms with Gasteiger partial charge in [-0.05, 0) is 24.5 Å². The summed E-state index contributed by atoms with van der Waals surface area (Å²) in [6, 6.07) is 7.12. The molecule has 0 fully saturated rings. The van der Waals surface area contributed by atoms with Crippen molar-refractivity contribution in [2.75, 3.05) is 0 Å². The van der Waals surface area contributed by atoms with Crippen LogP contribution >= 0.6 is 0 Å². The highest BCUT2D eigenvalue weighted by Gasteiger charge is 2.17. The predicted octanol–water partition coefficient (Wildman–Crippen LogP) is 2.04. The lowest BCUT2D eigenvalue weighted by Crippen LogP contribution is -2.30. The third-order valence-electron chi connectivity index (χ3n) is 3.35. The maximum atomic E-state index is 12.4. The zero-order chi connectivity index (χ0) is 14.9. The summed E-state index contributed by atoms with van der Waals surface area (Å²) in [6.07, 6.45) is 0.839. The molecule has 5 heteroatoms. The van der Waals surface area contributed by atoms with Crippen LogP contribution in [0.1, 0.15) is 25.8 Å². The monoisotopic (exact) mass is 273 g/mol. The molecule has 0 aliphatic heterocycles. The summed E-state index contributed by atoms with van der Waals surface area (Å²) < 4.78 is 1.59. The van der Waals surface area contributed by atoms with E-state index in [9.17, 15) is 9.90 Å². The molecular formula is C15H19N3O2. The molecule has 0 spiro atoms. The topological polar surface area (TPSA) is 92.1 Å². The Hall–Kier alpha value is -2.30. The Labute approximate surface area is 117 Å². The Morgan fingerprint density at radius 1 is 1.40 bits per heavy atom. The molecule has 0 aliphatic rings. The number of amidine groups is 1. The maximum absolute atomic E-state index is 12.4. The molecule has 4 N–H and O–H groups in total. The van der Waals surface area contributed by atoms with Gasteiger partial charge in [-0.3, -0.25) is 10.2 Å². The van der Waals surface area contributed by atoms with E-state index in [1.807, 2.05) is 6.07 Å². The molecule has 5 nitrogen and oxygen atoms in total. The van der Waals surface area contributed by atoms with Crippen LogP contribution in [0.2, 0.25) is 0 Å². The second kappa shape index (κ2) is 5.36. The van der Waals surface area contributed by atoms with Crippen molar-refractivity contribution in [2.24, 2.45) is 11.7 Å². The normalized spacial score (nSPS) is 11.2. The van der Waals surface area contributed by atoms with Crippen LogP contribution in [0.5, 0.6) is 5.75 Å². The number of para-hydroxylation sites is 1. The van der Waals surface area contributed by atoms with Gasteiger partial charge >= 0.3 is 0 Å². The number of nitrogens with two attached hydrogens (primary N) is 1. The lowest BCUT2D eigenvalue weighted by molar-refractivity contribution is 0.473. The van der Waals surface area contributed by atoms with Gasteiger partial charge in [-0.2, -0.15) is 0 Å². The van der Waals surface area contributed by atoms with E-state index < -0.39 is 11.4 Å². The number of nitrogen functional groups attached to an aromatic ring is 1. The average Bonchev–Trinajstić information content (AvgIpc) is 2.38. The third-order valence-corrected chi connectivity index (χ3v) is 3.35. The summed E-state index contributed by atoms with van der Waals surface area (Å²) in [7, 11) is 0. The van der Waals surface area contributed by atoms with Crippen LogP contribution < -0.4 is 11.3 Å². The van der Waals surface area contributed by atoms with Crippen molar-refractivity contribution in [3.63, 3.8) is 0 Å². The van der Waals surface area contributed by atoms with Gasteiger partial charge in [0.1, 0.15) is 17.1 Å². The maximum Gasteiger partial charge on any atom is 0.265 e. The van der Waals surface area contributed by atoms with E-state index in [1.54, 1.807) is 22.8 Å². The SMILES string of the molecule is CC(C)CCn1c(=O)c(C(=N)N)c(O)c2ccccc21. The minimum absolute atomic E-state index is 0.118. The number of hydrogen-bond acceptors (Lipinski definition) is 3. The summed E-state index contributed by atoms with van der Waals surface area (Å²) >= 11 is 0. The van der Waals surface area contributed by atoms with Crippen molar-refractivity contribution >= 4 is 16.7 Å². The highest BCUT2D eigenvalue weighted by atomic mass is 16.3. The first-order valence-corrected chi connectivity index (χ1v) is 6.62. The summed E-state index contributed by atoms with van der Waals surface area (Å²) in [5.41, 5.74) is 5.58. The number of aromatic nitrogens is 1. The van der Waals surface area contributed by atoms with Crippen LogP contribution in [0, 0.1) is 11.3 Å². The molecule has 0 saturated heterocycles. The van der Waals surface area contributed by atoms with Crippen LogP contribution in [-0.4, -0.2) is 15.5 Å². The van der Waals surface area contributed by atoms with Gasteiger partial charge in [-0.1, -0.05) is 26.0 Å². The molecule has 0 radical (unpaired) electrons. The molecule has 0 aliphatic carbocycles. The van der Waals surface area contributed by atoms with E-state index in [-0.39, 0.29) is 11.3 Å². The Balaban J connectivity index is 2.77. The number of nitrogens with one attached hydrogen (secondary N) is 1. The van der Waals surface area contributed by atoms with Crippen LogP contribution in [0.25, 0.3) is 10.9 Å². The fourth-order valence-electron chi connectivity index (χ4n) is 2.24. The van der Waals surface area contributed by atoms with Crippen molar-refractivity contribution in [3.8, 4) is 5.75 Å². The number of nitrogens with zero attached hydrogens (tertiary/aromatic N) is 1. The highest BCUT2D eigenvalue weighted by Crippen LogP contribution is 2.26. The molecule has 2 aromatic rings. The molecule has 2 rings (SSSR count). The number of pyridine rings is 1. The van der Waals surface area contributed by atoms with Crippen molar-refractivity contribution < 1.29 is 5.11 Å². The second-order valence-electron chi connectivity index (χ2n) is 5.29. The smallest absolute Gasteiger partial charge is 0.265 e. The minimum Gasteiger partial charge on any atom is -0.506 e. The Morgan fingerprint density at radius 3 is 2.65 bits per heavy atom. The molecule has 1 heterocycles. The molecule has 0 saturated carbocycles. The average molecular weight is 273 g/mol. The summed E-state index contributed by atoms with van der Waals surface area (Å²) in [5, 5.41) is 18.2. The quantitative estimate of drug-likeness (QED) is 0.588. The molecule has 20 heavy (non-hydrogen) atoms. The minimum atomic E-state index is -0.408. The van der Waals surface area contributed by atoms with Crippen molar-refractivity contribution in [1.29, 1.82) is 5.41 Å². The van der Waals surface area contributed by atoms with E-state index in [0.717, 1.165) is 6.42 Å². The first-order valence-electron chi connectivity index (χ1n) is 6.62. The highest BCUT2D eigenvalue weighted by molar-refractivity contribution is 6.02. The fourth-order valence-corrected chi connectivity index (χ4v) is 2.24. The van der Waals surface area contributed by atoms with Gasteiger partial charge in [0, 0.05) is 11.9 Å². The van der Waals surface area contributed by atoms with Gasteiger partial charge < -0.3 is 15.4 Å². The zero-order valence-corrected chi connectivity index (χ0v) is 11.7. The molecule has 106 valence electrons. The van der Waals surface area contributed by atoms with Gasteiger partial charge in [0.05, 0.1) is 5.52 Å². The largest absolute Gasteiger partial charge is 0.506 e. The number of hydrogen-bond donors (Lipinski definition) is 3. The molecule has 1 aromatic heterocycles. The van der Waals surface area contributed by atoms with E-state index in [0.29, 0.717) is 23.4 Å². The summed E-state index contributed by atoms with van der Waals surface area (Å²) in [6.45, 7) is 4.70. The standard InChI is InChI=1S/C15H19N3O2/c1-9(2)7-8-18-11-6-4-3-5-10(11)13(19)12(14(16)17)15(18)20/h3-6,9,19H,7-8H2,1-2H3,(H3,16,17). The van der Waals surface area contributed by atoms with Gasteiger partial charge in [0.2, 0.25) is 0 Å². The molecule has 0 bridgehead atoms. The molecule has 0 unspecified atom stereocenters. The van der Waals surface area contributed by atoms with Crippen LogP contribution in [0.3, 0.4) is 0 Å². The summed E-state index contributed by atoms with van der Waals surface area (Å²) in [4.78, 5) is 12.4. The number of aromatic hydroxyl groups is 1.